The first-order chi connectivity index (χ1) is 15.6. The van der Waals surface area contributed by atoms with Crippen LogP contribution in [0.15, 0.2) is 18.3 Å². The molecule has 2 N–H and O–H groups in total. The maximum atomic E-state index is 15.1. The Kier molecular flexibility index (Phi) is 5.56. The predicted molar refractivity (Wildman–Crippen MR) is 109 cm³/mol. The monoisotopic (exact) mass is 464 g/mol. The van der Waals surface area contributed by atoms with Gasteiger partial charge in [0.2, 0.25) is 0 Å². The van der Waals surface area contributed by atoms with Crippen LogP contribution in [0.5, 0.6) is 0 Å². The third kappa shape index (κ3) is 4.13. The molecule has 0 saturated heterocycles. The van der Waals surface area contributed by atoms with Crippen molar-refractivity contribution in [2.45, 2.75) is 44.7 Å². The van der Waals surface area contributed by atoms with Crippen LogP contribution in [-0.4, -0.2) is 34.3 Å². The van der Waals surface area contributed by atoms with Crippen molar-refractivity contribution in [1.29, 1.82) is 0 Å². The fourth-order valence-corrected chi connectivity index (χ4v) is 3.58. The number of carbonyl (C=O) groups excluding carboxylic acids is 2. The van der Waals surface area contributed by atoms with Gasteiger partial charge in [0.15, 0.2) is 17.1 Å². The highest BCUT2D eigenvalue weighted by Gasteiger charge is 2.55. The zero-order valence-electron chi connectivity index (χ0n) is 17.8. The lowest BCUT2D eigenvalue weighted by Crippen LogP contribution is -2.59. The second-order valence-corrected chi connectivity index (χ2v) is 7.97. The third-order valence-corrected chi connectivity index (χ3v) is 5.42. The van der Waals surface area contributed by atoms with Crippen LogP contribution < -0.4 is 10.6 Å². The fraction of sp³-hybridized carbons (Fsp3) is 0.409. The van der Waals surface area contributed by atoms with Gasteiger partial charge >= 0.3 is 12.0 Å². The molecule has 11 heteroatoms. The van der Waals surface area contributed by atoms with E-state index in [2.05, 4.69) is 27.6 Å². The Balaban J connectivity index is 1.78. The summed E-state index contributed by atoms with van der Waals surface area (Å²) < 4.78 is 64.5. The van der Waals surface area contributed by atoms with Crippen LogP contribution in [0.4, 0.5) is 28.0 Å². The molecule has 0 radical (unpaired) electrons. The molecular weight excluding hydrogens is 444 g/mol. The molecule has 1 atom stereocenters. The van der Waals surface area contributed by atoms with Gasteiger partial charge in [-0.05, 0) is 31.9 Å². The normalized spacial score (nSPS) is 19.6. The van der Waals surface area contributed by atoms with Crippen LogP contribution in [0, 0.1) is 29.4 Å². The minimum atomic E-state index is -3.54. The fourth-order valence-electron chi connectivity index (χ4n) is 3.58. The van der Waals surface area contributed by atoms with Gasteiger partial charge in [0.1, 0.15) is 5.82 Å². The first-order valence-electron chi connectivity index (χ1n) is 10.3. The van der Waals surface area contributed by atoms with Gasteiger partial charge in [-0.25, -0.2) is 27.2 Å². The van der Waals surface area contributed by atoms with Crippen LogP contribution in [0.1, 0.15) is 48.3 Å². The van der Waals surface area contributed by atoms with Crippen LogP contribution in [0.2, 0.25) is 0 Å². The Hall–Kier alpha value is -3.55. The van der Waals surface area contributed by atoms with E-state index in [1.165, 1.54) is 6.92 Å². The molecule has 1 saturated carbocycles. The summed E-state index contributed by atoms with van der Waals surface area (Å²) in [5, 5.41) is 8.31. The molecule has 2 aromatic rings. The van der Waals surface area contributed by atoms with E-state index in [0.29, 0.717) is 6.92 Å². The zero-order valence-corrected chi connectivity index (χ0v) is 17.8. The van der Waals surface area contributed by atoms with Crippen molar-refractivity contribution in [3.05, 3.63) is 46.8 Å². The molecular formula is C22H20F4N4O3. The molecule has 2 heterocycles. The molecule has 0 spiro atoms. The molecule has 1 fully saturated rings. The average molecular weight is 464 g/mol. The van der Waals surface area contributed by atoms with Gasteiger partial charge in [-0.2, -0.15) is 5.10 Å². The topological polar surface area (TPSA) is 85.2 Å². The number of hydrogen-bond acceptors (Lipinski definition) is 4. The molecule has 1 aliphatic heterocycles. The van der Waals surface area contributed by atoms with E-state index < -0.39 is 47.3 Å². The molecule has 2 amide bonds. The number of benzene rings is 1. The number of urea groups is 1. The summed E-state index contributed by atoms with van der Waals surface area (Å²) in [5.74, 6) is -1.20. The molecule has 0 unspecified atom stereocenters. The number of aromatic nitrogens is 2. The number of hydrogen-bond donors (Lipinski definition) is 2. The number of esters is 1. The van der Waals surface area contributed by atoms with Crippen molar-refractivity contribution in [3.8, 4) is 11.8 Å². The molecule has 2 aliphatic rings. The van der Waals surface area contributed by atoms with Gasteiger partial charge in [0, 0.05) is 29.7 Å². The van der Waals surface area contributed by atoms with Crippen LogP contribution in [-0.2, 0) is 16.8 Å². The van der Waals surface area contributed by atoms with E-state index >= 15 is 4.39 Å². The lowest BCUT2D eigenvalue weighted by Gasteiger charge is -2.40. The number of fused-ring (bicyclic) bond motifs is 1. The van der Waals surface area contributed by atoms with Crippen molar-refractivity contribution < 1.29 is 31.9 Å². The number of nitrogens with one attached hydrogen (secondary N) is 2. The van der Waals surface area contributed by atoms with Gasteiger partial charge < -0.3 is 15.4 Å². The minimum Gasteiger partial charge on any atom is -0.461 e. The molecule has 7 nitrogen and oxygen atoms in total. The van der Waals surface area contributed by atoms with Crippen molar-refractivity contribution in [2.24, 2.45) is 5.92 Å². The molecule has 33 heavy (non-hydrogen) atoms. The summed E-state index contributed by atoms with van der Waals surface area (Å²) in [6.07, 6.45) is 2.33. The highest BCUT2D eigenvalue weighted by molar-refractivity contribution is 5.95. The lowest BCUT2D eigenvalue weighted by molar-refractivity contribution is -0.0465. The number of halogens is 4. The first-order valence-corrected chi connectivity index (χ1v) is 10.3. The Morgan fingerprint density at radius 1 is 1.33 bits per heavy atom. The van der Waals surface area contributed by atoms with Gasteiger partial charge in [0.25, 0.3) is 5.92 Å². The first kappa shape index (κ1) is 22.6. The largest absolute Gasteiger partial charge is 0.461 e. The number of anilines is 1. The van der Waals surface area contributed by atoms with Crippen molar-refractivity contribution in [1.82, 2.24) is 15.1 Å². The minimum absolute atomic E-state index is 0.00903. The summed E-state index contributed by atoms with van der Waals surface area (Å²) in [7, 11) is 0. The molecule has 4 rings (SSSR count). The van der Waals surface area contributed by atoms with Crippen molar-refractivity contribution in [2.75, 3.05) is 11.9 Å². The highest BCUT2D eigenvalue weighted by Crippen LogP contribution is 2.44. The number of alkyl halides is 2. The Morgan fingerprint density at radius 2 is 2.06 bits per heavy atom. The maximum Gasteiger partial charge on any atom is 0.359 e. The summed E-state index contributed by atoms with van der Waals surface area (Å²) in [6.45, 7) is 1.72. The quantitative estimate of drug-likeness (QED) is 0.401. The standard InChI is InChI=1S/C22H20F4N4O3/c1-3-33-19(31)18-16(24)10-27-30(18)11-13-8-17-14(9-15(13)23)22(21(2,25)26,29-20(32)28-17)7-6-12-4-5-12/h8-10,12H,3-5,11H2,1-2H3,(H2,28,29,32)/t22-/m0/s1. The average Bonchev–Trinajstić information content (AvgIpc) is 3.48. The third-order valence-electron chi connectivity index (χ3n) is 5.42. The Morgan fingerprint density at radius 3 is 2.70 bits per heavy atom. The Labute approximate surface area is 186 Å². The predicted octanol–water partition coefficient (Wildman–Crippen LogP) is 3.79. The second kappa shape index (κ2) is 8.10. The summed E-state index contributed by atoms with van der Waals surface area (Å²) >= 11 is 0. The molecule has 1 aromatic heterocycles. The van der Waals surface area contributed by atoms with Crippen molar-refractivity contribution in [3.63, 3.8) is 0 Å². The summed E-state index contributed by atoms with van der Waals surface area (Å²) in [4.78, 5) is 24.3. The number of ether oxygens (including phenoxy) is 1. The van der Waals surface area contributed by atoms with E-state index in [4.69, 9.17) is 4.74 Å². The summed E-state index contributed by atoms with van der Waals surface area (Å²) in [6, 6.07) is 1.08. The van der Waals surface area contributed by atoms with Crippen LogP contribution in [0.3, 0.4) is 0 Å². The molecule has 1 aromatic carbocycles. The van der Waals surface area contributed by atoms with Gasteiger partial charge in [0.05, 0.1) is 19.3 Å². The van der Waals surface area contributed by atoms with Gasteiger partial charge in [-0.3, -0.25) is 4.68 Å². The highest BCUT2D eigenvalue weighted by atomic mass is 19.3. The van der Waals surface area contributed by atoms with Gasteiger partial charge in [-0.15, -0.1) is 0 Å². The molecule has 0 bridgehead atoms. The SMILES string of the molecule is CCOC(=O)c1c(F)cnn1Cc1cc2c(cc1F)[C@@](C#CC1CC1)(C(C)(F)F)NC(=O)N2. The van der Waals surface area contributed by atoms with E-state index in [9.17, 15) is 22.8 Å². The number of rotatable bonds is 5. The number of carbonyl (C=O) groups is 2. The molecule has 174 valence electrons. The second-order valence-electron chi connectivity index (χ2n) is 7.97. The van der Waals surface area contributed by atoms with E-state index in [0.717, 1.165) is 35.9 Å². The van der Waals surface area contributed by atoms with E-state index in [-0.39, 0.29) is 29.3 Å². The lowest BCUT2D eigenvalue weighted by atomic mass is 9.81. The summed E-state index contributed by atoms with van der Waals surface area (Å²) in [5.41, 5.74) is -3.37. The maximum absolute atomic E-state index is 15.1. The smallest absolute Gasteiger partial charge is 0.359 e. The number of nitrogens with zero attached hydrogens (tertiary/aromatic N) is 2. The zero-order chi connectivity index (χ0) is 24.0. The number of amides is 2. The van der Waals surface area contributed by atoms with Crippen molar-refractivity contribution >= 4 is 17.7 Å². The van der Waals surface area contributed by atoms with Crippen LogP contribution >= 0.6 is 0 Å². The van der Waals surface area contributed by atoms with E-state index in [1.807, 2.05) is 0 Å². The molecule has 1 aliphatic carbocycles. The Bertz CT molecular complexity index is 1190. The van der Waals surface area contributed by atoms with Crippen LogP contribution in [0.25, 0.3) is 0 Å². The van der Waals surface area contributed by atoms with E-state index in [1.54, 1.807) is 0 Å². The van der Waals surface area contributed by atoms with Gasteiger partial charge in [-0.1, -0.05) is 11.8 Å².